The molecular weight excluding hydrogens is 266 g/mol. The van der Waals surface area contributed by atoms with Crippen LogP contribution in [0.1, 0.15) is 21.5 Å². The maximum absolute atomic E-state index is 11.4. The molecule has 0 radical (unpaired) electrons. The average Bonchev–Trinajstić information content (AvgIpc) is 3.06. The Morgan fingerprint density at radius 1 is 1.10 bits per heavy atom. The summed E-state index contributed by atoms with van der Waals surface area (Å²) in [6.07, 6.45) is 5.00. The maximum Gasteiger partial charge on any atom is 0.341 e. The quantitative estimate of drug-likeness (QED) is 0.803. The highest BCUT2D eigenvalue weighted by atomic mass is 16.4. The van der Waals surface area contributed by atoms with Gasteiger partial charge in [0.05, 0.1) is 11.9 Å². The fraction of sp³-hybridized carbons (Fsp3) is 0.125. The normalized spacial score (nSPS) is 10.8. The molecule has 3 aromatic rings. The summed E-state index contributed by atoms with van der Waals surface area (Å²) in [5.74, 6) is -0.466. The van der Waals surface area contributed by atoms with Crippen LogP contribution in [-0.2, 0) is 0 Å². The van der Waals surface area contributed by atoms with Gasteiger partial charge in [0.15, 0.2) is 5.82 Å². The third kappa shape index (κ3) is 2.33. The Labute approximate surface area is 122 Å². The molecule has 5 heteroatoms. The Morgan fingerprint density at radius 3 is 2.29 bits per heavy atom. The lowest BCUT2D eigenvalue weighted by atomic mass is 10.1. The van der Waals surface area contributed by atoms with Crippen molar-refractivity contribution >= 4 is 5.97 Å². The van der Waals surface area contributed by atoms with Crippen LogP contribution in [0.4, 0.5) is 0 Å². The molecule has 0 aliphatic rings. The summed E-state index contributed by atoms with van der Waals surface area (Å²) in [4.78, 5) is 11.4. The van der Waals surface area contributed by atoms with E-state index >= 15 is 0 Å². The summed E-state index contributed by atoms with van der Waals surface area (Å²) in [5.41, 5.74) is 3.24. The molecule has 2 heterocycles. The van der Waals surface area contributed by atoms with Crippen molar-refractivity contribution in [3.8, 4) is 11.5 Å². The van der Waals surface area contributed by atoms with Crippen LogP contribution in [0.3, 0.4) is 0 Å². The molecule has 21 heavy (non-hydrogen) atoms. The van der Waals surface area contributed by atoms with Crippen molar-refractivity contribution in [3.63, 3.8) is 0 Å². The maximum atomic E-state index is 11.4. The van der Waals surface area contributed by atoms with E-state index in [0.29, 0.717) is 5.82 Å². The monoisotopic (exact) mass is 281 g/mol. The first-order chi connectivity index (χ1) is 10.1. The molecule has 1 aromatic carbocycles. The van der Waals surface area contributed by atoms with Gasteiger partial charge >= 0.3 is 5.97 Å². The van der Waals surface area contributed by atoms with E-state index in [4.69, 9.17) is 0 Å². The van der Waals surface area contributed by atoms with Crippen molar-refractivity contribution in [2.24, 2.45) is 0 Å². The van der Waals surface area contributed by atoms with Crippen LogP contribution < -0.4 is 0 Å². The van der Waals surface area contributed by atoms with Gasteiger partial charge in [-0.05, 0) is 49.2 Å². The highest BCUT2D eigenvalue weighted by molar-refractivity contribution is 5.91. The van der Waals surface area contributed by atoms with E-state index < -0.39 is 5.97 Å². The van der Waals surface area contributed by atoms with Gasteiger partial charge in [0.25, 0.3) is 0 Å². The van der Waals surface area contributed by atoms with Gasteiger partial charge in [0.2, 0.25) is 0 Å². The molecule has 1 N–H and O–H groups in total. The Balaban J connectivity index is 2.26. The first kappa shape index (κ1) is 13.2. The lowest BCUT2D eigenvalue weighted by Crippen LogP contribution is -2.08. The molecule has 0 saturated heterocycles. The van der Waals surface area contributed by atoms with Crippen LogP contribution >= 0.6 is 0 Å². The van der Waals surface area contributed by atoms with Gasteiger partial charge in [0.1, 0.15) is 5.56 Å². The molecular formula is C16H15N3O2. The smallest absolute Gasteiger partial charge is 0.341 e. The molecule has 0 saturated carbocycles. The molecule has 0 spiro atoms. The SMILES string of the molecule is Cc1cc(C)cc(-n2ncc(C(=O)O)c2-n2cccc2)c1. The fourth-order valence-corrected chi connectivity index (χ4v) is 2.48. The Hall–Kier alpha value is -2.82. The second kappa shape index (κ2) is 4.94. The van der Waals surface area contributed by atoms with E-state index in [-0.39, 0.29) is 5.56 Å². The minimum atomic E-state index is -0.991. The average molecular weight is 281 g/mol. The Kier molecular flexibility index (Phi) is 3.10. The molecule has 0 aliphatic heterocycles. The summed E-state index contributed by atoms with van der Waals surface area (Å²) in [6.45, 7) is 4.01. The van der Waals surface area contributed by atoms with Crippen molar-refractivity contribution in [1.29, 1.82) is 0 Å². The topological polar surface area (TPSA) is 60.1 Å². The number of nitrogens with zero attached hydrogens (tertiary/aromatic N) is 3. The van der Waals surface area contributed by atoms with E-state index in [0.717, 1.165) is 16.8 Å². The van der Waals surface area contributed by atoms with E-state index in [1.54, 1.807) is 9.25 Å². The van der Waals surface area contributed by atoms with Gasteiger partial charge in [-0.2, -0.15) is 5.10 Å². The molecule has 0 fully saturated rings. The van der Waals surface area contributed by atoms with Crippen LogP contribution in [0.2, 0.25) is 0 Å². The van der Waals surface area contributed by atoms with Gasteiger partial charge in [0, 0.05) is 12.4 Å². The third-order valence-corrected chi connectivity index (χ3v) is 3.27. The van der Waals surface area contributed by atoms with Crippen LogP contribution in [0, 0.1) is 13.8 Å². The summed E-state index contributed by atoms with van der Waals surface area (Å²) >= 11 is 0. The lowest BCUT2D eigenvalue weighted by molar-refractivity contribution is 0.0697. The number of aromatic carboxylic acids is 1. The van der Waals surface area contributed by atoms with Gasteiger partial charge in [-0.3, -0.25) is 0 Å². The Bertz CT molecular complexity index is 781. The standard InChI is InChI=1S/C16H15N3O2/c1-11-7-12(2)9-13(8-11)19-15(18-5-3-4-6-18)14(10-17-19)16(20)21/h3-10H,1-2H3,(H,20,21). The second-order valence-corrected chi connectivity index (χ2v) is 5.04. The minimum Gasteiger partial charge on any atom is -0.477 e. The van der Waals surface area contributed by atoms with E-state index in [1.165, 1.54) is 6.20 Å². The van der Waals surface area contributed by atoms with Crippen molar-refractivity contribution in [2.75, 3.05) is 0 Å². The number of carboxylic acid groups (broad SMARTS) is 1. The van der Waals surface area contributed by atoms with Gasteiger partial charge in [-0.15, -0.1) is 0 Å². The van der Waals surface area contributed by atoms with Gasteiger partial charge < -0.3 is 9.67 Å². The van der Waals surface area contributed by atoms with Crippen LogP contribution in [0.5, 0.6) is 0 Å². The highest BCUT2D eigenvalue weighted by Gasteiger charge is 2.19. The number of benzene rings is 1. The molecule has 0 bridgehead atoms. The third-order valence-electron chi connectivity index (χ3n) is 3.27. The zero-order chi connectivity index (χ0) is 15.0. The van der Waals surface area contributed by atoms with E-state index in [1.807, 2.05) is 50.5 Å². The molecule has 0 aliphatic carbocycles. The molecule has 3 rings (SSSR count). The molecule has 0 amide bonds. The van der Waals surface area contributed by atoms with Crippen molar-refractivity contribution < 1.29 is 9.90 Å². The first-order valence-electron chi connectivity index (χ1n) is 6.59. The van der Waals surface area contributed by atoms with E-state index in [9.17, 15) is 9.90 Å². The summed E-state index contributed by atoms with van der Waals surface area (Å²) in [7, 11) is 0. The second-order valence-electron chi connectivity index (χ2n) is 5.04. The summed E-state index contributed by atoms with van der Waals surface area (Å²) in [6, 6.07) is 9.74. The van der Waals surface area contributed by atoms with Gasteiger partial charge in [-0.1, -0.05) is 6.07 Å². The van der Waals surface area contributed by atoms with Crippen molar-refractivity contribution in [3.05, 3.63) is 65.6 Å². The zero-order valence-electron chi connectivity index (χ0n) is 11.8. The Morgan fingerprint density at radius 2 is 1.71 bits per heavy atom. The number of carbonyl (C=O) groups is 1. The molecule has 5 nitrogen and oxygen atoms in total. The van der Waals surface area contributed by atoms with Crippen molar-refractivity contribution in [1.82, 2.24) is 14.3 Å². The number of hydrogen-bond acceptors (Lipinski definition) is 2. The highest BCUT2D eigenvalue weighted by Crippen LogP contribution is 2.21. The van der Waals surface area contributed by atoms with Crippen LogP contribution in [0.15, 0.2) is 48.9 Å². The van der Waals surface area contributed by atoms with Crippen molar-refractivity contribution in [2.45, 2.75) is 13.8 Å². The molecule has 0 atom stereocenters. The zero-order valence-corrected chi connectivity index (χ0v) is 11.8. The number of aryl methyl sites for hydroxylation is 2. The molecule has 2 aromatic heterocycles. The number of hydrogen-bond donors (Lipinski definition) is 1. The predicted octanol–water partition coefficient (Wildman–Crippen LogP) is 2.98. The predicted molar refractivity (Wildman–Crippen MR) is 79.3 cm³/mol. The molecule has 0 unspecified atom stereocenters. The number of rotatable bonds is 3. The first-order valence-corrected chi connectivity index (χ1v) is 6.59. The van der Waals surface area contributed by atoms with Crippen LogP contribution in [0.25, 0.3) is 11.5 Å². The van der Waals surface area contributed by atoms with E-state index in [2.05, 4.69) is 11.2 Å². The van der Waals surface area contributed by atoms with Gasteiger partial charge in [-0.25, -0.2) is 9.48 Å². The molecule has 106 valence electrons. The lowest BCUT2D eigenvalue weighted by Gasteiger charge is -2.11. The number of aromatic nitrogens is 3. The summed E-state index contributed by atoms with van der Waals surface area (Å²) in [5, 5.41) is 13.6. The fourth-order valence-electron chi connectivity index (χ4n) is 2.48. The minimum absolute atomic E-state index is 0.172. The number of carboxylic acids is 1. The van der Waals surface area contributed by atoms with Crippen LogP contribution in [-0.4, -0.2) is 25.4 Å². The summed E-state index contributed by atoms with van der Waals surface area (Å²) < 4.78 is 3.41. The largest absolute Gasteiger partial charge is 0.477 e.